The van der Waals surface area contributed by atoms with E-state index in [1.54, 1.807) is 18.2 Å². The van der Waals surface area contributed by atoms with Gasteiger partial charge in [-0.1, -0.05) is 13.8 Å². The van der Waals surface area contributed by atoms with Crippen LogP contribution in [0.5, 0.6) is 0 Å². The zero-order valence-electron chi connectivity index (χ0n) is 19.7. The highest BCUT2D eigenvalue weighted by Gasteiger charge is 2.55. The van der Waals surface area contributed by atoms with Crippen molar-refractivity contribution in [3.8, 4) is 0 Å². The summed E-state index contributed by atoms with van der Waals surface area (Å²) in [5.41, 5.74) is 1.10. The number of carbonyl (C=O) groups excluding carboxylic acids is 3. The first kappa shape index (κ1) is 22.7. The van der Waals surface area contributed by atoms with E-state index < -0.39 is 6.04 Å². The van der Waals surface area contributed by atoms with Gasteiger partial charge in [0.2, 0.25) is 17.7 Å². The van der Waals surface area contributed by atoms with Crippen LogP contribution in [0.2, 0.25) is 0 Å². The molecule has 5 N–H and O–H groups in total. The van der Waals surface area contributed by atoms with E-state index in [1.807, 2.05) is 13.8 Å². The molecule has 4 aliphatic rings. The SMILES string of the molecule is CC(C)[C@@H](NC(=O)C12CC3CC(CC(C3)C1)C2)C(=O)NCC(=O)Nc1ccc2[nH]c(=O)[nH]c2c1. The van der Waals surface area contributed by atoms with Crippen LogP contribution < -0.4 is 21.6 Å². The van der Waals surface area contributed by atoms with Crippen LogP contribution in [0.25, 0.3) is 11.0 Å². The van der Waals surface area contributed by atoms with Gasteiger partial charge in [0, 0.05) is 11.1 Å². The highest BCUT2D eigenvalue weighted by molar-refractivity contribution is 5.97. The topological polar surface area (TPSA) is 136 Å². The second-order valence-corrected chi connectivity index (χ2v) is 11.0. The standard InChI is InChI=1S/C25H33N5O4/c1-13(2)21(30-23(33)25-9-14-5-15(10-25)7-16(6-14)11-25)22(32)26-12-20(31)27-17-3-4-18-19(8-17)29-24(34)28-18/h3-4,8,13-16,21H,5-7,9-12H2,1-2H3,(H,26,32)(H,27,31)(H,30,33)(H2,28,29,34)/t14?,15?,16?,21-,25?/m1/s1. The molecule has 182 valence electrons. The average molecular weight is 468 g/mol. The number of amides is 3. The second-order valence-electron chi connectivity index (χ2n) is 11.0. The lowest BCUT2D eigenvalue weighted by atomic mass is 9.49. The Balaban J connectivity index is 1.18. The Morgan fingerprint density at radius 3 is 2.24 bits per heavy atom. The number of fused-ring (bicyclic) bond motifs is 1. The molecule has 3 amide bonds. The van der Waals surface area contributed by atoms with Gasteiger partial charge in [-0.05, 0) is 80.4 Å². The third-order valence-corrected chi connectivity index (χ3v) is 7.98. The number of carbonyl (C=O) groups is 3. The molecule has 4 bridgehead atoms. The van der Waals surface area contributed by atoms with E-state index in [4.69, 9.17) is 0 Å². The van der Waals surface area contributed by atoms with Crippen molar-refractivity contribution in [1.29, 1.82) is 0 Å². The summed E-state index contributed by atoms with van der Waals surface area (Å²) in [6.07, 6.45) is 6.58. The molecule has 4 aliphatic carbocycles. The Bertz CT molecular complexity index is 1140. The van der Waals surface area contributed by atoms with Crippen molar-refractivity contribution < 1.29 is 14.4 Å². The first-order valence-electron chi connectivity index (χ1n) is 12.3. The molecule has 1 aromatic heterocycles. The summed E-state index contributed by atoms with van der Waals surface area (Å²) in [6, 6.07) is 4.33. The summed E-state index contributed by atoms with van der Waals surface area (Å²) in [5, 5.41) is 8.44. The Morgan fingerprint density at radius 1 is 1.00 bits per heavy atom. The van der Waals surface area contributed by atoms with E-state index >= 15 is 0 Å². The molecule has 2 aromatic rings. The Labute approximate surface area is 197 Å². The summed E-state index contributed by atoms with van der Waals surface area (Å²) in [5.74, 6) is 1.11. The van der Waals surface area contributed by atoms with Crippen LogP contribution in [0, 0.1) is 29.1 Å². The van der Waals surface area contributed by atoms with Gasteiger partial charge in [0.05, 0.1) is 17.6 Å². The highest BCUT2D eigenvalue weighted by Crippen LogP contribution is 2.60. The average Bonchev–Trinajstić information content (AvgIpc) is 3.13. The van der Waals surface area contributed by atoms with Crippen LogP contribution in [0.4, 0.5) is 5.69 Å². The molecule has 9 heteroatoms. The van der Waals surface area contributed by atoms with Gasteiger partial charge < -0.3 is 25.9 Å². The van der Waals surface area contributed by atoms with Crippen molar-refractivity contribution in [3.05, 3.63) is 28.7 Å². The molecule has 0 aliphatic heterocycles. The lowest BCUT2D eigenvalue weighted by Crippen LogP contribution is -2.58. The largest absolute Gasteiger partial charge is 0.345 e. The van der Waals surface area contributed by atoms with E-state index in [9.17, 15) is 19.2 Å². The molecule has 6 rings (SSSR count). The van der Waals surface area contributed by atoms with Crippen molar-refractivity contribution in [1.82, 2.24) is 20.6 Å². The lowest BCUT2D eigenvalue weighted by Gasteiger charge is -2.55. The molecular formula is C25H33N5O4. The monoisotopic (exact) mass is 467 g/mol. The normalized spacial score (nSPS) is 28.1. The Morgan fingerprint density at radius 2 is 1.62 bits per heavy atom. The van der Waals surface area contributed by atoms with Gasteiger partial charge in [0.25, 0.3) is 0 Å². The molecule has 0 unspecified atom stereocenters. The van der Waals surface area contributed by atoms with Crippen LogP contribution in [0.15, 0.2) is 23.0 Å². The van der Waals surface area contributed by atoms with Gasteiger partial charge in [-0.15, -0.1) is 0 Å². The van der Waals surface area contributed by atoms with Crippen LogP contribution in [-0.2, 0) is 14.4 Å². The van der Waals surface area contributed by atoms with Gasteiger partial charge >= 0.3 is 5.69 Å². The maximum atomic E-state index is 13.4. The molecule has 1 aromatic carbocycles. The minimum Gasteiger partial charge on any atom is -0.345 e. The molecule has 4 fully saturated rings. The van der Waals surface area contributed by atoms with Crippen molar-refractivity contribution in [2.24, 2.45) is 29.1 Å². The lowest BCUT2D eigenvalue weighted by molar-refractivity contribution is -0.149. The number of rotatable bonds is 7. The maximum Gasteiger partial charge on any atom is 0.323 e. The number of aromatic amines is 2. The number of aromatic nitrogens is 2. The van der Waals surface area contributed by atoms with Gasteiger partial charge in [-0.25, -0.2) is 4.79 Å². The zero-order valence-corrected chi connectivity index (χ0v) is 19.7. The van der Waals surface area contributed by atoms with Crippen LogP contribution >= 0.6 is 0 Å². The van der Waals surface area contributed by atoms with E-state index in [2.05, 4.69) is 25.9 Å². The fourth-order valence-electron chi connectivity index (χ4n) is 6.81. The second kappa shape index (κ2) is 8.60. The van der Waals surface area contributed by atoms with E-state index in [-0.39, 0.29) is 41.3 Å². The Hall–Kier alpha value is -3.10. The van der Waals surface area contributed by atoms with Gasteiger partial charge in [0.15, 0.2) is 0 Å². The van der Waals surface area contributed by atoms with Crippen LogP contribution in [0.3, 0.4) is 0 Å². The summed E-state index contributed by atoms with van der Waals surface area (Å²) in [7, 11) is 0. The summed E-state index contributed by atoms with van der Waals surface area (Å²) in [4.78, 5) is 55.4. The quantitative estimate of drug-likeness (QED) is 0.427. The number of H-pyrrole nitrogens is 2. The third-order valence-electron chi connectivity index (χ3n) is 7.98. The minimum atomic E-state index is -0.686. The minimum absolute atomic E-state index is 0.0127. The first-order chi connectivity index (χ1) is 16.2. The third kappa shape index (κ3) is 4.35. The highest BCUT2D eigenvalue weighted by atomic mass is 16.2. The van der Waals surface area contributed by atoms with Gasteiger partial charge in [-0.3, -0.25) is 14.4 Å². The molecule has 0 saturated heterocycles. The van der Waals surface area contributed by atoms with Crippen molar-refractivity contribution in [3.63, 3.8) is 0 Å². The zero-order chi connectivity index (χ0) is 24.0. The van der Waals surface area contributed by atoms with Crippen LogP contribution in [0.1, 0.15) is 52.4 Å². The predicted octanol–water partition coefficient (Wildman–Crippen LogP) is 2.27. The molecule has 0 radical (unpaired) electrons. The summed E-state index contributed by atoms with van der Waals surface area (Å²) < 4.78 is 0. The van der Waals surface area contributed by atoms with Gasteiger partial charge in [0.1, 0.15) is 6.04 Å². The number of anilines is 1. The van der Waals surface area contributed by atoms with E-state index in [0.29, 0.717) is 34.5 Å². The molecule has 34 heavy (non-hydrogen) atoms. The molecule has 0 spiro atoms. The number of imidazole rings is 1. The van der Waals surface area contributed by atoms with E-state index in [0.717, 1.165) is 19.3 Å². The molecule has 1 heterocycles. The number of hydrogen-bond donors (Lipinski definition) is 5. The van der Waals surface area contributed by atoms with E-state index in [1.165, 1.54) is 19.3 Å². The Kier molecular flexibility index (Phi) is 5.73. The number of nitrogens with one attached hydrogen (secondary N) is 5. The fraction of sp³-hybridized carbons (Fsp3) is 0.600. The fourth-order valence-corrected chi connectivity index (χ4v) is 6.81. The summed E-state index contributed by atoms with van der Waals surface area (Å²) in [6.45, 7) is 3.59. The van der Waals surface area contributed by atoms with Gasteiger partial charge in [-0.2, -0.15) is 0 Å². The molecule has 9 nitrogen and oxygen atoms in total. The first-order valence-corrected chi connectivity index (χ1v) is 12.3. The number of hydrogen-bond acceptors (Lipinski definition) is 4. The predicted molar refractivity (Wildman–Crippen MR) is 128 cm³/mol. The van der Waals surface area contributed by atoms with Crippen LogP contribution in [-0.4, -0.2) is 40.3 Å². The van der Waals surface area contributed by atoms with Crippen molar-refractivity contribution in [2.45, 2.75) is 58.4 Å². The molecule has 1 atom stereocenters. The van der Waals surface area contributed by atoms with Crippen molar-refractivity contribution in [2.75, 3.05) is 11.9 Å². The summed E-state index contributed by atoms with van der Waals surface area (Å²) >= 11 is 0. The smallest absolute Gasteiger partial charge is 0.323 e. The van der Waals surface area contributed by atoms with Crippen molar-refractivity contribution >= 4 is 34.4 Å². The molecular weight excluding hydrogens is 434 g/mol. The molecule has 4 saturated carbocycles. The maximum absolute atomic E-state index is 13.4. The number of benzene rings is 1.